The molecule has 0 saturated heterocycles. The van der Waals surface area contributed by atoms with Gasteiger partial charge >= 0.3 is 5.97 Å². The van der Waals surface area contributed by atoms with Crippen molar-refractivity contribution in [3.8, 4) is 5.75 Å². The molecule has 1 aromatic carbocycles. The second-order valence-electron chi connectivity index (χ2n) is 4.85. The number of amides is 1. The van der Waals surface area contributed by atoms with Crippen molar-refractivity contribution in [1.29, 1.82) is 0 Å². The summed E-state index contributed by atoms with van der Waals surface area (Å²) in [4.78, 5) is 22.9. The number of benzene rings is 1. The topological polar surface area (TPSA) is 87.7 Å². The Bertz CT molecular complexity index is 487. The third-order valence-electron chi connectivity index (χ3n) is 3.27. The van der Waals surface area contributed by atoms with Gasteiger partial charge in [0.15, 0.2) is 0 Å². The maximum absolute atomic E-state index is 11.8. The zero-order valence-corrected chi connectivity index (χ0v) is 12.6. The molecule has 0 fully saturated rings. The van der Waals surface area contributed by atoms with Crippen LogP contribution in [0.4, 0.5) is 5.69 Å². The first kappa shape index (κ1) is 17.0. The molecule has 0 bridgehead atoms. The van der Waals surface area contributed by atoms with Crippen LogP contribution < -0.4 is 15.4 Å². The smallest absolute Gasteiger partial charge is 0.323 e. The molecule has 0 aromatic heterocycles. The predicted octanol–water partition coefficient (Wildman–Crippen LogP) is 1.87. The Kier molecular flexibility index (Phi) is 6.17. The number of hydrogen-bond donors (Lipinski definition) is 3. The van der Waals surface area contributed by atoms with Crippen molar-refractivity contribution in [2.24, 2.45) is 0 Å². The molecule has 0 aliphatic heterocycles. The number of ether oxygens (including phenoxy) is 1. The Labute approximate surface area is 124 Å². The van der Waals surface area contributed by atoms with Gasteiger partial charge in [-0.25, -0.2) is 0 Å². The van der Waals surface area contributed by atoms with E-state index < -0.39 is 11.5 Å². The van der Waals surface area contributed by atoms with E-state index in [1.165, 1.54) is 0 Å². The van der Waals surface area contributed by atoms with Crippen molar-refractivity contribution in [2.75, 3.05) is 18.5 Å². The van der Waals surface area contributed by atoms with Crippen LogP contribution in [0.3, 0.4) is 0 Å². The van der Waals surface area contributed by atoms with Crippen LogP contribution in [0.25, 0.3) is 0 Å². The van der Waals surface area contributed by atoms with Crippen LogP contribution in [0.15, 0.2) is 24.3 Å². The summed E-state index contributed by atoms with van der Waals surface area (Å²) in [6.07, 6.45) is 0.388. The minimum Gasteiger partial charge on any atom is -0.494 e. The molecule has 1 atom stereocenters. The molecule has 1 aromatic rings. The van der Waals surface area contributed by atoms with Crippen molar-refractivity contribution < 1.29 is 19.4 Å². The zero-order chi connectivity index (χ0) is 15.9. The molecule has 0 spiro atoms. The molecule has 1 unspecified atom stereocenters. The van der Waals surface area contributed by atoms with E-state index in [-0.39, 0.29) is 12.5 Å². The predicted molar refractivity (Wildman–Crippen MR) is 80.6 cm³/mol. The molecule has 1 amide bonds. The first-order valence-electron chi connectivity index (χ1n) is 6.92. The first-order valence-corrected chi connectivity index (χ1v) is 6.92. The number of nitrogens with one attached hydrogen (secondary N) is 2. The van der Waals surface area contributed by atoms with Crippen LogP contribution in [0, 0.1) is 0 Å². The minimum atomic E-state index is -1.10. The Morgan fingerprint density at radius 1 is 1.24 bits per heavy atom. The number of carbonyl (C=O) groups is 2. The molecule has 116 valence electrons. The highest BCUT2D eigenvalue weighted by Gasteiger charge is 2.30. The minimum absolute atomic E-state index is 0.0656. The van der Waals surface area contributed by atoms with Crippen LogP contribution >= 0.6 is 0 Å². The molecule has 1 rings (SSSR count). The largest absolute Gasteiger partial charge is 0.494 e. The highest BCUT2D eigenvalue weighted by Crippen LogP contribution is 2.15. The van der Waals surface area contributed by atoms with Crippen molar-refractivity contribution in [1.82, 2.24) is 5.32 Å². The summed E-state index contributed by atoms with van der Waals surface area (Å²) in [5.74, 6) is -0.531. The van der Waals surface area contributed by atoms with E-state index in [1.807, 2.05) is 6.92 Å². The average Bonchev–Trinajstić information content (AvgIpc) is 2.47. The molecule has 0 aliphatic rings. The van der Waals surface area contributed by atoms with Gasteiger partial charge in [-0.05, 0) is 44.5 Å². The summed E-state index contributed by atoms with van der Waals surface area (Å²) in [6.45, 7) is 5.73. The second-order valence-corrected chi connectivity index (χ2v) is 4.85. The number of hydrogen-bond acceptors (Lipinski definition) is 4. The summed E-state index contributed by atoms with van der Waals surface area (Å²) in [7, 11) is 0. The van der Waals surface area contributed by atoms with E-state index in [1.54, 1.807) is 38.1 Å². The third kappa shape index (κ3) is 5.07. The average molecular weight is 294 g/mol. The van der Waals surface area contributed by atoms with Gasteiger partial charge in [-0.15, -0.1) is 0 Å². The summed E-state index contributed by atoms with van der Waals surface area (Å²) in [5.41, 5.74) is -0.463. The maximum atomic E-state index is 11.8. The molecule has 0 aliphatic carbocycles. The number of rotatable bonds is 8. The van der Waals surface area contributed by atoms with Crippen LogP contribution in [-0.4, -0.2) is 35.7 Å². The summed E-state index contributed by atoms with van der Waals surface area (Å²) in [6, 6.07) is 7.00. The van der Waals surface area contributed by atoms with Gasteiger partial charge in [-0.3, -0.25) is 14.9 Å². The molecule has 6 heteroatoms. The van der Waals surface area contributed by atoms with Crippen LogP contribution in [0.1, 0.15) is 27.2 Å². The monoisotopic (exact) mass is 294 g/mol. The maximum Gasteiger partial charge on any atom is 0.323 e. The van der Waals surface area contributed by atoms with E-state index >= 15 is 0 Å². The fraction of sp³-hybridized carbons (Fsp3) is 0.467. The number of carbonyl (C=O) groups excluding carboxylic acids is 1. The van der Waals surface area contributed by atoms with Crippen LogP contribution in [0.5, 0.6) is 5.75 Å². The van der Waals surface area contributed by atoms with Gasteiger partial charge in [-0.1, -0.05) is 6.92 Å². The molecule has 0 heterocycles. The molecule has 0 radical (unpaired) electrons. The Morgan fingerprint density at radius 3 is 2.33 bits per heavy atom. The summed E-state index contributed by atoms with van der Waals surface area (Å²) < 4.78 is 5.31. The molecule has 6 nitrogen and oxygen atoms in total. The highest BCUT2D eigenvalue weighted by molar-refractivity contribution is 5.92. The SMILES string of the molecule is CCOc1ccc(NC(=O)CNC(C)(CC)C(=O)O)cc1. The van der Waals surface area contributed by atoms with Crippen molar-refractivity contribution >= 4 is 17.6 Å². The van der Waals surface area contributed by atoms with Gasteiger partial charge < -0.3 is 15.2 Å². The fourth-order valence-corrected chi connectivity index (χ4v) is 1.63. The molecule has 0 saturated carbocycles. The fourth-order valence-electron chi connectivity index (χ4n) is 1.63. The standard InChI is InChI=1S/C15H22N2O4/c1-4-15(3,14(19)20)16-10-13(18)17-11-6-8-12(9-7-11)21-5-2/h6-9,16H,4-5,10H2,1-3H3,(H,17,18)(H,19,20). The summed E-state index contributed by atoms with van der Waals surface area (Å²) >= 11 is 0. The zero-order valence-electron chi connectivity index (χ0n) is 12.6. The van der Waals surface area contributed by atoms with Gasteiger partial charge in [0.2, 0.25) is 5.91 Å². The van der Waals surface area contributed by atoms with Crippen molar-refractivity contribution in [3.05, 3.63) is 24.3 Å². The lowest BCUT2D eigenvalue weighted by atomic mass is 9.99. The van der Waals surface area contributed by atoms with Crippen molar-refractivity contribution in [3.63, 3.8) is 0 Å². The van der Waals surface area contributed by atoms with E-state index in [4.69, 9.17) is 9.84 Å². The van der Waals surface area contributed by atoms with E-state index in [0.29, 0.717) is 18.7 Å². The lowest BCUT2D eigenvalue weighted by molar-refractivity contribution is -0.144. The van der Waals surface area contributed by atoms with Gasteiger partial charge in [0.25, 0.3) is 0 Å². The third-order valence-corrected chi connectivity index (χ3v) is 3.27. The molecule has 3 N–H and O–H groups in total. The molecular formula is C15H22N2O4. The molecule has 21 heavy (non-hydrogen) atoms. The van der Waals surface area contributed by atoms with E-state index in [9.17, 15) is 9.59 Å². The number of carboxylic acid groups (broad SMARTS) is 1. The Hall–Kier alpha value is -2.08. The van der Waals surface area contributed by atoms with Gasteiger partial charge in [0, 0.05) is 5.69 Å². The second kappa shape index (κ2) is 7.64. The van der Waals surface area contributed by atoms with Gasteiger partial charge in [-0.2, -0.15) is 0 Å². The number of carboxylic acids is 1. The Morgan fingerprint density at radius 2 is 1.86 bits per heavy atom. The lowest BCUT2D eigenvalue weighted by Gasteiger charge is -2.24. The van der Waals surface area contributed by atoms with Gasteiger partial charge in [0.05, 0.1) is 13.2 Å². The van der Waals surface area contributed by atoms with E-state index in [2.05, 4.69) is 10.6 Å². The first-order chi connectivity index (χ1) is 9.91. The van der Waals surface area contributed by atoms with Crippen molar-refractivity contribution in [2.45, 2.75) is 32.7 Å². The number of aliphatic carboxylic acids is 1. The Balaban J connectivity index is 2.52. The lowest BCUT2D eigenvalue weighted by Crippen LogP contribution is -2.51. The van der Waals surface area contributed by atoms with Crippen LogP contribution in [0.2, 0.25) is 0 Å². The summed E-state index contributed by atoms with van der Waals surface area (Å²) in [5, 5.41) is 14.6. The molecular weight excluding hydrogens is 272 g/mol. The normalized spacial score (nSPS) is 13.3. The quantitative estimate of drug-likeness (QED) is 0.681. The number of anilines is 1. The highest BCUT2D eigenvalue weighted by atomic mass is 16.5. The van der Waals surface area contributed by atoms with Crippen LogP contribution in [-0.2, 0) is 9.59 Å². The van der Waals surface area contributed by atoms with E-state index in [0.717, 1.165) is 5.75 Å². The van der Waals surface area contributed by atoms with Gasteiger partial charge in [0.1, 0.15) is 11.3 Å².